The zero-order chi connectivity index (χ0) is 9.23. The van der Waals surface area contributed by atoms with Crippen LogP contribution in [0.2, 0.25) is 0 Å². The van der Waals surface area contributed by atoms with E-state index in [2.05, 4.69) is 0 Å². The third-order valence-corrected chi connectivity index (χ3v) is 1.64. The third kappa shape index (κ3) is 1.86. The highest BCUT2D eigenvalue weighted by molar-refractivity contribution is 6.39. The van der Waals surface area contributed by atoms with Gasteiger partial charge in [0, 0.05) is 0 Å². The molecule has 0 aliphatic rings. The van der Waals surface area contributed by atoms with Gasteiger partial charge in [0.1, 0.15) is 5.78 Å². The van der Waals surface area contributed by atoms with Crippen LogP contribution in [0.4, 0.5) is 0 Å². The first-order valence-electron chi connectivity index (χ1n) is 3.09. The molecule has 0 bridgehead atoms. The average Bonchev–Trinajstić information content (AvgIpc) is 1.85. The van der Waals surface area contributed by atoms with Crippen molar-refractivity contribution in [3.8, 4) is 0 Å². The predicted molar refractivity (Wildman–Crippen MR) is 37.1 cm³/mol. The number of aliphatic carboxylic acids is 1. The fourth-order valence-corrected chi connectivity index (χ4v) is 0.427. The highest BCUT2D eigenvalue weighted by Gasteiger charge is 2.37. The first-order chi connectivity index (χ1) is 4.80. The van der Waals surface area contributed by atoms with Gasteiger partial charge in [0.05, 0.1) is 5.41 Å². The number of hydrogen-bond acceptors (Lipinski definition) is 3. The molecule has 0 fully saturated rings. The van der Waals surface area contributed by atoms with Crippen molar-refractivity contribution in [1.29, 1.82) is 0 Å². The molecule has 0 heterocycles. The molecule has 11 heavy (non-hydrogen) atoms. The molecule has 62 valence electrons. The van der Waals surface area contributed by atoms with Crippen LogP contribution in [0.3, 0.4) is 0 Å². The molecule has 0 saturated heterocycles. The second-order valence-electron chi connectivity index (χ2n) is 2.82. The van der Waals surface area contributed by atoms with Gasteiger partial charge in [0.15, 0.2) is 0 Å². The molecule has 0 atom stereocenters. The van der Waals surface area contributed by atoms with Gasteiger partial charge in [-0.15, -0.1) is 0 Å². The lowest BCUT2D eigenvalue weighted by Gasteiger charge is -2.15. The second kappa shape index (κ2) is 2.82. The Labute approximate surface area is 64.2 Å². The zero-order valence-electron chi connectivity index (χ0n) is 6.67. The lowest BCUT2D eigenvalue weighted by molar-refractivity contribution is -0.155. The van der Waals surface area contributed by atoms with Crippen LogP contribution in [0.1, 0.15) is 20.8 Å². The Kier molecular flexibility index (Phi) is 2.51. The quantitative estimate of drug-likeness (QED) is 0.472. The fraction of sp³-hybridized carbons (Fsp3) is 0.571. The Balaban J connectivity index is 4.70. The summed E-state index contributed by atoms with van der Waals surface area (Å²) in [6.07, 6.45) is 0. The SMILES string of the molecule is CC(=O)C(C)(C)C(=O)C(=O)O. The van der Waals surface area contributed by atoms with Crippen LogP contribution in [0.25, 0.3) is 0 Å². The molecule has 0 rings (SSSR count). The van der Waals surface area contributed by atoms with Crippen LogP contribution in [0, 0.1) is 5.41 Å². The Bertz CT molecular complexity index is 214. The summed E-state index contributed by atoms with van der Waals surface area (Å²) in [5, 5.41) is 8.26. The standard InChI is InChI=1S/C7H10O4/c1-4(8)7(2,3)5(9)6(10)11/h1-3H3,(H,10,11). The molecule has 0 saturated carbocycles. The van der Waals surface area contributed by atoms with E-state index in [9.17, 15) is 14.4 Å². The third-order valence-electron chi connectivity index (χ3n) is 1.64. The molecule has 0 amide bonds. The van der Waals surface area contributed by atoms with Crippen molar-refractivity contribution >= 4 is 17.5 Å². The van der Waals surface area contributed by atoms with Gasteiger partial charge in [-0.3, -0.25) is 9.59 Å². The number of carbonyl (C=O) groups excluding carboxylic acids is 2. The van der Waals surface area contributed by atoms with E-state index < -0.39 is 23.0 Å². The van der Waals surface area contributed by atoms with Gasteiger partial charge < -0.3 is 5.11 Å². The maximum absolute atomic E-state index is 10.8. The first-order valence-corrected chi connectivity index (χ1v) is 3.09. The highest BCUT2D eigenvalue weighted by Crippen LogP contribution is 2.17. The normalized spacial score (nSPS) is 10.8. The van der Waals surface area contributed by atoms with Crippen LogP contribution in [-0.4, -0.2) is 22.6 Å². The van der Waals surface area contributed by atoms with E-state index in [0.717, 1.165) is 0 Å². The molecule has 0 spiro atoms. The van der Waals surface area contributed by atoms with E-state index in [-0.39, 0.29) is 0 Å². The minimum absolute atomic E-state index is 0.440. The van der Waals surface area contributed by atoms with Crippen molar-refractivity contribution in [3.05, 3.63) is 0 Å². The Morgan fingerprint density at radius 2 is 1.55 bits per heavy atom. The van der Waals surface area contributed by atoms with Gasteiger partial charge in [-0.05, 0) is 20.8 Å². The number of Topliss-reactive ketones (excluding diaryl/α,β-unsaturated/α-hetero) is 2. The van der Waals surface area contributed by atoms with Crippen molar-refractivity contribution < 1.29 is 19.5 Å². The molecule has 0 aromatic heterocycles. The maximum Gasteiger partial charge on any atom is 0.373 e. The van der Waals surface area contributed by atoms with Crippen LogP contribution in [0.15, 0.2) is 0 Å². The smallest absolute Gasteiger partial charge is 0.373 e. The van der Waals surface area contributed by atoms with Gasteiger partial charge in [0.25, 0.3) is 5.78 Å². The van der Waals surface area contributed by atoms with Crippen LogP contribution < -0.4 is 0 Å². The summed E-state index contributed by atoms with van der Waals surface area (Å²) < 4.78 is 0. The topological polar surface area (TPSA) is 71.4 Å². The number of carboxylic acid groups (broad SMARTS) is 1. The Hall–Kier alpha value is -1.19. The van der Waals surface area contributed by atoms with Crippen molar-refractivity contribution in [2.75, 3.05) is 0 Å². The van der Waals surface area contributed by atoms with Gasteiger partial charge in [-0.2, -0.15) is 0 Å². The molecular formula is C7H10O4. The largest absolute Gasteiger partial charge is 0.475 e. The summed E-state index contributed by atoms with van der Waals surface area (Å²) in [7, 11) is 0. The van der Waals surface area contributed by atoms with Crippen LogP contribution >= 0.6 is 0 Å². The highest BCUT2D eigenvalue weighted by atomic mass is 16.4. The van der Waals surface area contributed by atoms with E-state index in [1.54, 1.807) is 0 Å². The minimum Gasteiger partial charge on any atom is -0.475 e. The van der Waals surface area contributed by atoms with Crippen LogP contribution in [0.5, 0.6) is 0 Å². The summed E-state index contributed by atoms with van der Waals surface area (Å²) in [5.41, 5.74) is -1.40. The summed E-state index contributed by atoms with van der Waals surface area (Å²) >= 11 is 0. The van der Waals surface area contributed by atoms with Gasteiger partial charge in [-0.25, -0.2) is 4.79 Å². The first kappa shape index (κ1) is 9.81. The molecule has 0 aliphatic carbocycles. The molecule has 1 N–H and O–H groups in total. The van der Waals surface area contributed by atoms with Crippen molar-refractivity contribution in [1.82, 2.24) is 0 Å². The Morgan fingerprint density at radius 3 is 1.64 bits per heavy atom. The molecule has 0 aromatic carbocycles. The summed E-state index contributed by atoms with van der Waals surface area (Å²) in [4.78, 5) is 31.7. The van der Waals surface area contributed by atoms with Gasteiger partial charge in [-0.1, -0.05) is 0 Å². The van der Waals surface area contributed by atoms with Gasteiger partial charge >= 0.3 is 5.97 Å². The van der Waals surface area contributed by atoms with Crippen molar-refractivity contribution in [3.63, 3.8) is 0 Å². The number of rotatable bonds is 3. The van der Waals surface area contributed by atoms with E-state index >= 15 is 0 Å². The summed E-state index contributed by atoms with van der Waals surface area (Å²) in [6.45, 7) is 3.79. The zero-order valence-corrected chi connectivity index (χ0v) is 6.67. The maximum atomic E-state index is 10.8. The molecule has 0 aromatic rings. The van der Waals surface area contributed by atoms with Crippen molar-refractivity contribution in [2.24, 2.45) is 5.41 Å². The molecular weight excluding hydrogens is 148 g/mol. The van der Waals surface area contributed by atoms with E-state index in [1.807, 2.05) is 0 Å². The number of carboxylic acids is 1. The van der Waals surface area contributed by atoms with E-state index in [1.165, 1.54) is 20.8 Å². The molecule has 0 aliphatic heterocycles. The Morgan fingerprint density at radius 1 is 1.18 bits per heavy atom. The molecule has 0 radical (unpaired) electrons. The number of hydrogen-bond donors (Lipinski definition) is 1. The second-order valence-corrected chi connectivity index (χ2v) is 2.82. The molecule has 4 heteroatoms. The minimum atomic E-state index is -1.56. The predicted octanol–water partition coefficient (Wildman–Crippen LogP) is 0.255. The van der Waals surface area contributed by atoms with Gasteiger partial charge in [0.2, 0.25) is 0 Å². The van der Waals surface area contributed by atoms with E-state index in [4.69, 9.17) is 5.11 Å². The molecule has 4 nitrogen and oxygen atoms in total. The summed E-state index contributed by atoms with van der Waals surface area (Å²) in [6, 6.07) is 0. The van der Waals surface area contributed by atoms with E-state index in [0.29, 0.717) is 0 Å². The molecule has 0 unspecified atom stereocenters. The van der Waals surface area contributed by atoms with Crippen LogP contribution in [-0.2, 0) is 14.4 Å². The van der Waals surface area contributed by atoms with Crippen molar-refractivity contribution in [2.45, 2.75) is 20.8 Å². The summed E-state index contributed by atoms with van der Waals surface area (Å²) in [5.74, 6) is -3.07. The fourth-order valence-electron chi connectivity index (χ4n) is 0.427. The number of ketones is 2. The lowest BCUT2D eigenvalue weighted by Crippen LogP contribution is -2.36. The number of carbonyl (C=O) groups is 3. The average molecular weight is 158 g/mol. The monoisotopic (exact) mass is 158 g/mol. The lowest BCUT2D eigenvalue weighted by atomic mass is 9.84.